The van der Waals surface area contributed by atoms with E-state index in [0.717, 1.165) is 17.1 Å². The molecule has 1 aliphatic carbocycles. The molecule has 1 unspecified atom stereocenters. The van der Waals surface area contributed by atoms with Gasteiger partial charge in [-0.3, -0.25) is 0 Å². The topological polar surface area (TPSA) is 3.24 Å². The van der Waals surface area contributed by atoms with E-state index >= 15 is 0 Å². The molecule has 1 heterocycles. The van der Waals surface area contributed by atoms with E-state index in [1.165, 1.54) is 98.1 Å². The lowest BCUT2D eigenvalue weighted by Gasteiger charge is -2.35. The van der Waals surface area contributed by atoms with Crippen LogP contribution in [0.4, 0.5) is 17.1 Å². The van der Waals surface area contributed by atoms with Crippen LogP contribution in [-0.2, 0) is 5.41 Å². The van der Waals surface area contributed by atoms with E-state index in [-0.39, 0.29) is 0 Å². The Kier molecular flexibility index (Phi) is 10.00. The van der Waals surface area contributed by atoms with Crippen LogP contribution in [0.2, 0.25) is 0 Å². The second-order valence-corrected chi connectivity index (χ2v) is 19.1. The van der Waals surface area contributed by atoms with E-state index in [4.69, 9.17) is 0 Å². The van der Waals surface area contributed by atoms with Crippen molar-refractivity contribution in [3.63, 3.8) is 0 Å². The molecule has 13 rings (SSSR count). The first-order valence-corrected chi connectivity index (χ1v) is 24.5. The molecule has 1 aliphatic rings. The fourth-order valence-electron chi connectivity index (χ4n) is 10.9. The molecule has 324 valence electrons. The van der Waals surface area contributed by atoms with E-state index in [2.05, 4.69) is 278 Å². The van der Waals surface area contributed by atoms with Crippen molar-refractivity contribution >= 4 is 48.6 Å². The van der Waals surface area contributed by atoms with Gasteiger partial charge in [-0.1, -0.05) is 224 Å². The lowest BCUT2D eigenvalue weighted by atomic mass is 9.67. The minimum atomic E-state index is -0.582. The van der Waals surface area contributed by atoms with Crippen LogP contribution in [0.3, 0.4) is 0 Å². The Morgan fingerprint density at radius 1 is 0.261 bits per heavy atom. The van der Waals surface area contributed by atoms with Crippen LogP contribution in [0.1, 0.15) is 22.3 Å². The van der Waals surface area contributed by atoms with Crippen LogP contribution in [0, 0.1) is 0 Å². The van der Waals surface area contributed by atoms with E-state index in [1.54, 1.807) is 0 Å². The van der Waals surface area contributed by atoms with Crippen molar-refractivity contribution in [3.8, 4) is 55.6 Å². The fourth-order valence-corrected chi connectivity index (χ4v) is 12.1. The first-order valence-electron chi connectivity index (χ1n) is 23.7. The number of hydrogen-bond acceptors (Lipinski definition) is 2. The Morgan fingerprint density at radius 2 is 0.681 bits per heavy atom. The van der Waals surface area contributed by atoms with Crippen LogP contribution >= 0.6 is 11.3 Å². The lowest BCUT2D eigenvalue weighted by Crippen LogP contribution is -2.29. The largest absolute Gasteiger partial charge is 0.310 e. The van der Waals surface area contributed by atoms with E-state index in [0.29, 0.717) is 0 Å². The monoisotopic (exact) mass is 895 g/mol. The highest BCUT2D eigenvalue weighted by atomic mass is 32.1. The summed E-state index contributed by atoms with van der Waals surface area (Å²) in [7, 11) is 0. The third-order valence-corrected chi connectivity index (χ3v) is 15.3. The second kappa shape index (κ2) is 16.9. The molecule has 0 radical (unpaired) electrons. The van der Waals surface area contributed by atoms with Gasteiger partial charge in [0.25, 0.3) is 0 Å². The number of benzene rings is 11. The zero-order valence-electron chi connectivity index (χ0n) is 37.8. The first kappa shape index (κ1) is 40.7. The Bertz CT molecular complexity index is 3800. The molecule has 12 aromatic rings. The van der Waals surface area contributed by atoms with Crippen LogP contribution < -0.4 is 4.90 Å². The average molecular weight is 896 g/mol. The van der Waals surface area contributed by atoms with E-state index < -0.39 is 5.41 Å². The third-order valence-electron chi connectivity index (χ3n) is 14.2. The maximum Gasteiger partial charge on any atom is 0.0714 e. The summed E-state index contributed by atoms with van der Waals surface area (Å²) >= 11 is 1.87. The third kappa shape index (κ3) is 7.00. The predicted octanol–water partition coefficient (Wildman–Crippen LogP) is 18.6. The van der Waals surface area contributed by atoms with Crippen molar-refractivity contribution in [2.45, 2.75) is 5.41 Å². The molecule has 0 spiro atoms. The van der Waals surface area contributed by atoms with Crippen molar-refractivity contribution in [2.75, 3.05) is 4.90 Å². The number of nitrogens with zero attached hydrogens (tertiary/aromatic N) is 1. The molecule has 0 aliphatic heterocycles. The second-order valence-electron chi connectivity index (χ2n) is 18.0. The van der Waals surface area contributed by atoms with Gasteiger partial charge >= 0.3 is 0 Å². The standard InChI is InChI=1S/C67H45NS/c1-5-16-46(17-6-1)49-28-30-50(31-29-49)51-32-35-56(36-33-51)68(58-38-41-62-61-39-34-53(48-20-9-3-10-21-48)43-65(61)69-66(62)45-58)57-37-40-60-59-26-13-14-27-63(59)67(64(60)44-57,54-23-11-4-12-24-54)55-25-15-22-52(42-55)47-18-7-2-8-19-47/h1-45H. The van der Waals surface area contributed by atoms with Gasteiger partial charge in [0.05, 0.1) is 5.41 Å². The highest BCUT2D eigenvalue weighted by molar-refractivity contribution is 7.25. The van der Waals surface area contributed by atoms with Gasteiger partial charge in [-0.2, -0.15) is 0 Å². The van der Waals surface area contributed by atoms with E-state index in [9.17, 15) is 0 Å². The van der Waals surface area contributed by atoms with Crippen LogP contribution in [0.5, 0.6) is 0 Å². The van der Waals surface area contributed by atoms with Crippen LogP contribution in [-0.4, -0.2) is 0 Å². The normalized spacial score (nSPS) is 13.9. The molecule has 0 amide bonds. The Labute approximate surface area is 407 Å². The maximum atomic E-state index is 2.48. The van der Waals surface area contributed by atoms with Gasteiger partial charge in [-0.25, -0.2) is 0 Å². The van der Waals surface area contributed by atoms with Gasteiger partial charge in [0.1, 0.15) is 0 Å². The number of fused-ring (bicyclic) bond motifs is 6. The molecule has 0 N–H and O–H groups in total. The zero-order valence-corrected chi connectivity index (χ0v) is 38.7. The van der Waals surface area contributed by atoms with Gasteiger partial charge in [0.15, 0.2) is 0 Å². The maximum absolute atomic E-state index is 2.48. The summed E-state index contributed by atoms with van der Waals surface area (Å²) in [5, 5.41) is 2.56. The van der Waals surface area contributed by atoms with Crippen molar-refractivity contribution in [2.24, 2.45) is 0 Å². The Morgan fingerprint density at radius 3 is 1.33 bits per heavy atom. The molecule has 0 bridgehead atoms. The van der Waals surface area contributed by atoms with Gasteiger partial charge in [-0.15, -0.1) is 11.3 Å². The Hall–Kier alpha value is -8.56. The molecule has 2 heteroatoms. The smallest absolute Gasteiger partial charge is 0.0714 e. The quantitative estimate of drug-likeness (QED) is 0.140. The van der Waals surface area contributed by atoms with Crippen LogP contribution in [0.25, 0.3) is 75.8 Å². The van der Waals surface area contributed by atoms with Crippen molar-refractivity contribution in [3.05, 3.63) is 295 Å². The highest BCUT2D eigenvalue weighted by Gasteiger charge is 2.46. The zero-order chi connectivity index (χ0) is 45.7. The molecule has 1 atom stereocenters. The molecule has 1 nitrogen and oxygen atoms in total. The number of anilines is 3. The molecule has 11 aromatic carbocycles. The van der Waals surface area contributed by atoms with Crippen molar-refractivity contribution in [1.29, 1.82) is 0 Å². The lowest BCUT2D eigenvalue weighted by molar-refractivity contribution is 0.769. The SMILES string of the molecule is c1ccc(-c2ccc(-c3ccc(N(c4ccc5c(c4)C(c4ccccc4)(c4cccc(-c6ccccc6)c4)c4ccccc4-5)c4ccc5c(c4)sc4cc(-c6ccccc6)ccc45)cc3)cc2)cc1. The van der Waals surface area contributed by atoms with Crippen LogP contribution in [0.15, 0.2) is 273 Å². The number of hydrogen-bond donors (Lipinski definition) is 0. The predicted molar refractivity (Wildman–Crippen MR) is 293 cm³/mol. The summed E-state index contributed by atoms with van der Waals surface area (Å²) in [6.07, 6.45) is 0. The minimum Gasteiger partial charge on any atom is -0.310 e. The molecule has 1 aromatic heterocycles. The average Bonchev–Trinajstić information content (AvgIpc) is 3.95. The fraction of sp³-hybridized carbons (Fsp3) is 0.0149. The van der Waals surface area contributed by atoms with Gasteiger partial charge in [0, 0.05) is 37.2 Å². The summed E-state index contributed by atoms with van der Waals surface area (Å²) in [5.41, 5.74) is 20.0. The number of rotatable bonds is 9. The van der Waals surface area contributed by atoms with E-state index in [1.807, 2.05) is 11.3 Å². The van der Waals surface area contributed by atoms with Crippen molar-refractivity contribution in [1.82, 2.24) is 0 Å². The molecular weight excluding hydrogens is 851 g/mol. The molecular formula is C67H45NS. The molecule has 0 fully saturated rings. The summed E-state index contributed by atoms with van der Waals surface area (Å²) in [4.78, 5) is 2.46. The summed E-state index contributed by atoms with van der Waals surface area (Å²) in [6, 6.07) is 101. The summed E-state index contributed by atoms with van der Waals surface area (Å²) in [6.45, 7) is 0. The van der Waals surface area contributed by atoms with Gasteiger partial charge in [-0.05, 0) is 126 Å². The summed E-state index contributed by atoms with van der Waals surface area (Å²) < 4.78 is 2.55. The minimum absolute atomic E-state index is 0.582. The van der Waals surface area contributed by atoms with Crippen molar-refractivity contribution < 1.29 is 0 Å². The Balaban J connectivity index is 0.992. The molecule has 0 saturated heterocycles. The van der Waals surface area contributed by atoms with Gasteiger partial charge < -0.3 is 4.90 Å². The first-order chi connectivity index (χ1) is 34.2. The van der Waals surface area contributed by atoms with Gasteiger partial charge in [0.2, 0.25) is 0 Å². The molecule has 0 saturated carbocycles. The number of thiophene rings is 1. The molecule has 69 heavy (non-hydrogen) atoms. The summed E-state index contributed by atoms with van der Waals surface area (Å²) in [5.74, 6) is 0. The highest BCUT2D eigenvalue weighted by Crippen LogP contribution is 2.58.